The highest BCUT2D eigenvalue weighted by Crippen LogP contribution is 2.34. The van der Waals surface area contributed by atoms with Gasteiger partial charge in [-0.25, -0.2) is 0 Å². The molecule has 0 saturated carbocycles. The van der Waals surface area contributed by atoms with E-state index in [0.29, 0.717) is 6.61 Å². The molecule has 124 valence electrons. The second-order valence-electron chi connectivity index (χ2n) is 5.73. The summed E-state index contributed by atoms with van der Waals surface area (Å²) in [6.07, 6.45) is 1.77. The monoisotopic (exact) mass is 342 g/mol. The molecule has 0 spiro atoms. The highest BCUT2D eigenvalue weighted by molar-refractivity contribution is 7.17. The number of carboxylic acids is 1. The molecule has 24 heavy (non-hydrogen) atoms. The van der Waals surface area contributed by atoms with Gasteiger partial charge in [0.1, 0.15) is 12.4 Å². The van der Waals surface area contributed by atoms with Gasteiger partial charge in [-0.1, -0.05) is 0 Å². The number of ether oxygens (including phenoxy) is 1. The Hall–Kier alpha value is -2.47. The quantitative estimate of drug-likeness (QED) is 0.763. The Kier molecular flexibility index (Phi) is 4.49. The van der Waals surface area contributed by atoms with E-state index in [1.54, 1.807) is 17.5 Å². The van der Waals surface area contributed by atoms with Crippen molar-refractivity contribution in [3.63, 3.8) is 0 Å². The van der Waals surface area contributed by atoms with Crippen LogP contribution in [0.4, 0.5) is 0 Å². The second kappa shape index (κ2) is 6.57. The number of aryl methyl sites for hydroxylation is 3. The molecule has 0 radical (unpaired) electrons. The minimum atomic E-state index is -0.818. The molecule has 5 nitrogen and oxygen atoms in total. The summed E-state index contributed by atoms with van der Waals surface area (Å²) < 4.78 is 7.00. The van der Waals surface area contributed by atoms with Crippen molar-refractivity contribution in [2.75, 3.05) is 0 Å². The van der Waals surface area contributed by atoms with Crippen LogP contribution in [-0.2, 0) is 17.8 Å². The molecule has 1 aromatic carbocycles. The highest BCUT2D eigenvalue weighted by atomic mass is 32.1. The molecule has 0 fully saturated rings. The van der Waals surface area contributed by atoms with Crippen LogP contribution >= 0.6 is 11.3 Å². The van der Waals surface area contributed by atoms with Gasteiger partial charge in [-0.2, -0.15) is 0 Å². The number of hydrogen-bond donors (Lipinski definition) is 1. The number of nitrogens with zero attached hydrogens (tertiary/aromatic N) is 2. The van der Waals surface area contributed by atoms with E-state index in [0.717, 1.165) is 44.0 Å². The van der Waals surface area contributed by atoms with Gasteiger partial charge < -0.3 is 9.84 Å². The number of aromatic nitrogens is 2. The molecule has 3 aromatic rings. The zero-order valence-electron chi connectivity index (χ0n) is 13.8. The van der Waals surface area contributed by atoms with E-state index in [-0.39, 0.29) is 6.42 Å². The molecule has 3 rings (SSSR count). The van der Waals surface area contributed by atoms with Crippen molar-refractivity contribution in [2.24, 2.45) is 0 Å². The van der Waals surface area contributed by atoms with Crippen molar-refractivity contribution >= 4 is 27.4 Å². The number of carboxylic acid groups (broad SMARTS) is 1. The van der Waals surface area contributed by atoms with Crippen LogP contribution in [0.5, 0.6) is 5.75 Å². The van der Waals surface area contributed by atoms with Gasteiger partial charge in [0.15, 0.2) is 0 Å². The fourth-order valence-electron chi connectivity index (χ4n) is 2.64. The Morgan fingerprint density at radius 3 is 2.79 bits per heavy atom. The Morgan fingerprint density at radius 1 is 1.29 bits per heavy atom. The maximum atomic E-state index is 10.9. The Balaban J connectivity index is 1.85. The molecule has 6 heteroatoms. The number of fused-ring (bicyclic) bond motifs is 1. The van der Waals surface area contributed by atoms with Crippen LogP contribution in [0.3, 0.4) is 0 Å². The number of thiophene rings is 1. The number of aliphatic carboxylic acids is 1. The Labute approximate surface area is 144 Å². The third-order valence-corrected chi connectivity index (χ3v) is 5.06. The van der Waals surface area contributed by atoms with Crippen molar-refractivity contribution in [3.05, 3.63) is 51.9 Å². The lowest BCUT2D eigenvalue weighted by Crippen LogP contribution is -2.04. The van der Waals surface area contributed by atoms with Crippen LogP contribution in [0.1, 0.15) is 28.2 Å². The molecule has 0 atom stereocenters. The maximum absolute atomic E-state index is 10.9. The maximum Gasteiger partial charge on any atom is 0.307 e. The molecule has 0 aliphatic heterocycles. The lowest BCUT2D eigenvalue weighted by atomic mass is 10.1. The van der Waals surface area contributed by atoms with Gasteiger partial charge in [0.2, 0.25) is 0 Å². The minimum Gasteiger partial charge on any atom is -0.487 e. The van der Waals surface area contributed by atoms with Crippen LogP contribution in [0.15, 0.2) is 23.7 Å². The summed E-state index contributed by atoms with van der Waals surface area (Å²) in [6.45, 7) is 6.19. The van der Waals surface area contributed by atoms with Crippen molar-refractivity contribution in [1.29, 1.82) is 0 Å². The van der Waals surface area contributed by atoms with Crippen molar-refractivity contribution in [2.45, 2.75) is 33.8 Å². The fourth-order valence-corrected chi connectivity index (χ4v) is 3.71. The summed E-state index contributed by atoms with van der Waals surface area (Å²) in [4.78, 5) is 19.7. The molecule has 0 amide bonds. The van der Waals surface area contributed by atoms with Gasteiger partial charge in [0.05, 0.1) is 23.5 Å². The third kappa shape index (κ3) is 3.23. The molecule has 0 unspecified atom stereocenters. The first-order chi connectivity index (χ1) is 11.5. The van der Waals surface area contributed by atoms with E-state index in [9.17, 15) is 4.79 Å². The van der Waals surface area contributed by atoms with E-state index in [2.05, 4.69) is 9.97 Å². The zero-order chi connectivity index (χ0) is 17.3. The summed E-state index contributed by atoms with van der Waals surface area (Å²) in [5, 5.41) is 11.9. The first kappa shape index (κ1) is 16.4. The first-order valence-electron chi connectivity index (χ1n) is 7.59. The smallest absolute Gasteiger partial charge is 0.307 e. The van der Waals surface area contributed by atoms with Crippen molar-refractivity contribution < 1.29 is 14.6 Å². The van der Waals surface area contributed by atoms with Crippen LogP contribution in [0.25, 0.3) is 10.1 Å². The largest absolute Gasteiger partial charge is 0.487 e. The first-order valence-corrected chi connectivity index (χ1v) is 8.47. The molecule has 1 N–H and O–H groups in total. The van der Waals surface area contributed by atoms with Gasteiger partial charge in [-0.3, -0.25) is 14.8 Å². The predicted molar refractivity (Wildman–Crippen MR) is 93.7 cm³/mol. The van der Waals surface area contributed by atoms with E-state index < -0.39 is 5.97 Å². The van der Waals surface area contributed by atoms with Crippen LogP contribution < -0.4 is 4.74 Å². The van der Waals surface area contributed by atoms with Crippen LogP contribution in [0.2, 0.25) is 0 Å². The average molecular weight is 342 g/mol. The van der Waals surface area contributed by atoms with Crippen molar-refractivity contribution in [1.82, 2.24) is 9.97 Å². The summed E-state index contributed by atoms with van der Waals surface area (Å²) in [5.41, 5.74) is 4.44. The SMILES string of the molecule is Cc1cnc(COc2ccc3c(CC(=O)O)csc3c2C)c(C)n1. The van der Waals surface area contributed by atoms with E-state index >= 15 is 0 Å². The number of carbonyl (C=O) groups is 1. The van der Waals surface area contributed by atoms with Gasteiger partial charge in [-0.15, -0.1) is 11.3 Å². The van der Waals surface area contributed by atoms with Gasteiger partial charge >= 0.3 is 5.97 Å². The minimum absolute atomic E-state index is 0.0395. The summed E-state index contributed by atoms with van der Waals surface area (Å²) in [6, 6.07) is 3.83. The molecule has 0 aliphatic rings. The molecule has 0 bridgehead atoms. The topological polar surface area (TPSA) is 72.3 Å². The van der Waals surface area contributed by atoms with Gasteiger partial charge in [-0.05, 0) is 49.2 Å². The highest BCUT2D eigenvalue weighted by Gasteiger charge is 2.13. The van der Waals surface area contributed by atoms with E-state index in [1.165, 1.54) is 0 Å². The van der Waals surface area contributed by atoms with Crippen LogP contribution in [-0.4, -0.2) is 21.0 Å². The third-order valence-electron chi connectivity index (χ3n) is 3.90. The Bertz CT molecular complexity index is 918. The molecular weight excluding hydrogens is 324 g/mol. The number of hydrogen-bond acceptors (Lipinski definition) is 5. The number of rotatable bonds is 5. The normalized spacial score (nSPS) is 11.0. The van der Waals surface area contributed by atoms with E-state index in [1.807, 2.05) is 38.3 Å². The van der Waals surface area contributed by atoms with Gasteiger partial charge in [0, 0.05) is 16.5 Å². The molecule has 0 saturated heterocycles. The zero-order valence-corrected chi connectivity index (χ0v) is 14.6. The number of benzene rings is 1. The lowest BCUT2D eigenvalue weighted by Gasteiger charge is -2.11. The lowest BCUT2D eigenvalue weighted by molar-refractivity contribution is -0.136. The van der Waals surface area contributed by atoms with E-state index in [4.69, 9.17) is 9.84 Å². The predicted octanol–water partition coefficient (Wildman–Crippen LogP) is 3.82. The Morgan fingerprint density at radius 2 is 2.08 bits per heavy atom. The molecular formula is C18H18N2O3S. The van der Waals surface area contributed by atoms with Crippen LogP contribution in [0, 0.1) is 20.8 Å². The molecule has 0 aliphatic carbocycles. The fraction of sp³-hybridized carbons (Fsp3) is 0.278. The van der Waals surface area contributed by atoms with Crippen molar-refractivity contribution in [3.8, 4) is 5.75 Å². The summed E-state index contributed by atoms with van der Waals surface area (Å²) in [5.74, 6) is -0.0332. The molecule has 2 aromatic heterocycles. The summed E-state index contributed by atoms with van der Waals surface area (Å²) in [7, 11) is 0. The van der Waals surface area contributed by atoms with Gasteiger partial charge in [0.25, 0.3) is 0 Å². The average Bonchev–Trinajstić information content (AvgIpc) is 2.91. The summed E-state index contributed by atoms with van der Waals surface area (Å²) >= 11 is 1.55. The second-order valence-corrected chi connectivity index (χ2v) is 6.61. The molecule has 2 heterocycles. The standard InChI is InChI=1S/C18H18N2O3S/c1-10-7-19-15(12(3)20-10)8-23-16-5-4-14-13(6-17(21)22)9-24-18(14)11(16)2/h4-5,7,9H,6,8H2,1-3H3,(H,21,22).